The SMILES string of the molecule is C[C@@H]([C@H](N)C(=O)N[C@H](C(=O)O)[C@H]1O[C@@H](n2cc(C=O)[nH]c2=O)[C@H](O)[C@@H]1O)[C@H](O)c1ccccn1. The zero-order valence-corrected chi connectivity index (χ0v) is 17.9. The summed E-state index contributed by atoms with van der Waals surface area (Å²) in [5.41, 5.74) is 5.23. The van der Waals surface area contributed by atoms with E-state index in [0.29, 0.717) is 6.29 Å². The van der Waals surface area contributed by atoms with Gasteiger partial charge in [0.25, 0.3) is 0 Å². The van der Waals surface area contributed by atoms with Crippen LogP contribution in [0.5, 0.6) is 0 Å². The zero-order valence-electron chi connectivity index (χ0n) is 17.9. The first-order chi connectivity index (χ1) is 16.1. The summed E-state index contributed by atoms with van der Waals surface area (Å²) in [7, 11) is 0. The van der Waals surface area contributed by atoms with Gasteiger partial charge in [0.05, 0.1) is 17.4 Å². The molecular formula is C20H25N5O9. The van der Waals surface area contributed by atoms with E-state index in [2.05, 4.69) is 15.3 Å². The number of imidazole rings is 1. The highest BCUT2D eigenvalue weighted by atomic mass is 16.6. The zero-order chi connectivity index (χ0) is 25.2. The molecule has 0 spiro atoms. The highest BCUT2D eigenvalue weighted by Gasteiger charge is 2.50. The number of carbonyl (C=O) groups excluding carboxylic acids is 2. The van der Waals surface area contributed by atoms with Crippen molar-refractivity contribution in [3.63, 3.8) is 0 Å². The van der Waals surface area contributed by atoms with E-state index >= 15 is 0 Å². The van der Waals surface area contributed by atoms with Gasteiger partial charge in [-0.25, -0.2) is 9.59 Å². The minimum absolute atomic E-state index is 0.131. The Morgan fingerprint density at radius 3 is 2.59 bits per heavy atom. The molecule has 184 valence electrons. The number of carbonyl (C=O) groups is 3. The van der Waals surface area contributed by atoms with Crippen LogP contribution in [0.4, 0.5) is 0 Å². The molecule has 2 aromatic heterocycles. The maximum atomic E-state index is 12.7. The number of amides is 1. The maximum Gasteiger partial charge on any atom is 0.329 e. The van der Waals surface area contributed by atoms with Crippen LogP contribution in [0.25, 0.3) is 0 Å². The summed E-state index contributed by atoms with van der Waals surface area (Å²) in [5.74, 6) is -3.45. The topological polar surface area (TPSA) is 230 Å². The summed E-state index contributed by atoms with van der Waals surface area (Å²) in [6.45, 7) is 1.48. The number of aliphatic hydroxyl groups is 3. The smallest absolute Gasteiger partial charge is 0.329 e. The highest BCUT2D eigenvalue weighted by Crippen LogP contribution is 2.31. The molecule has 1 amide bonds. The quantitative estimate of drug-likeness (QED) is 0.182. The molecule has 0 bridgehead atoms. The van der Waals surface area contributed by atoms with Gasteiger partial charge in [-0.2, -0.15) is 0 Å². The van der Waals surface area contributed by atoms with Gasteiger partial charge in [-0.05, 0) is 12.1 Å². The molecule has 0 unspecified atom stereocenters. The molecule has 3 rings (SSSR count). The van der Waals surface area contributed by atoms with Crippen molar-refractivity contribution in [2.24, 2.45) is 11.7 Å². The number of aliphatic hydroxyl groups excluding tert-OH is 3. The summed E-state index contributed by atoms with van der Waals surface area (Å²) in [6, 6.07) is 1.57. The minimum atomic E-state index is -1.87. The normalized spacial score (nSPS) is 25.8. The van der Waals surface area contributed by atoms with Crippen molar-refractivity contribution >= 4 is 18.2 Å². The second-order valence-electron chi connectivity index (χ2n) is 7.92. The molecule has 1 aliphatic rings. The van der Waals surface area contributed by atoms with Crippen molar-refractivity contribution in [1.29, 1.82) is 0 Å². The molecule has 2 aromatic rings. The lowest BCUT2D eigenvalue weighted by Gasteiger charge is -2.28. The largest absolute Gasteiger partial charge is 0.480 e. The summed E-state index contributed by atoms with van der Waals surface area (Å²) in [5, 5.41) is 43.0. The number of pyridine rings is 1. The van der Waals surface area contributed by atoms with Crippen molar-refractivity contribution in [2.75, 3.05) is 0 Å². The Morgan fingerprint density at radius 2 is 2.03 bits per heavy atom. The highest BCUT2D eigenvalue weighted by molar-refractivity contribution is 5.87. The van der Waals surface area contributed by atoms with E-state index in [1.165, 1.54) is 19.2 Å². The van der Waals surface area contributed by atoms with Crippen molar-refractivity contribution in [3.8, 4) is 0 Å². The van der Waals surface area contributed by atoms with Crippen LogP contribution in [-0.2, 0) is 14.3 Å². The van der Waals surface area contributed by atoms with E-state index in [1.807, 2.05) is 0 Å². The third-order valence-corrected chi connectivity index (χ3v) is 5.69. The third-order valence-electron chi connectivity index (χ3n) is 5.69. The first-order valence-corrected chi connectivity index (χ1v) is 10.2. The first-order valence-electron chi connectivity index (χ1n) is 10.2. The van der Waals surface area contributed by atoms with Gasteiger partial charge in [-0.1, -0.05) is 13.0 Å². The molecule has 3 heterocycles. The fourth-order valence-electron chi connectivity index (χ4n) is 3.66. The number of nitrogens with zero attached hydrogens (tertiary/aromatic N) is 2. The number of aromatic amines is 1. The van der Waals surface area contributed by atoms with Crippen LogP contribution in [0.1, 0.15) is 35.4 Å². The molecule has 1 saturated heterocycles. The van der Waals surface area contributed by atoms with E-state index in [4.69, 9.17) is 10.5 Å². The fraction of sp³-hybridized carbons (Fsp3) is 0.450. The van der Waals surface area contributed by atoms with Crippen molar-refractivity contribution in [3.05, 3.63) is 52.5 Å². The van der Waals surface area contributed by atoms with E-state index in [9.17, 15) is 39.6 Å². The Labute approximate surface area is 192 Å². The Morgan fingerprint density at radius 1 is 1.32 bits per heavy atom. The molecule has 1 aliphatic heterocycles. The lowest BCUT2D eigenvalue weighted by Crippen LogP contribution is -2.57. The third kappa shape index (κ3) is 4.90. The summed E-state index contributed by atoms with van der Waals surface area (Å²) < 4.78 is 6.21. The number of carboxylic acid groups (broad SMARTS) is 1. The lowest BCUT2D eigenvalue weighted by atomic mass is 9.92. The number of aldehydes is 1. The molecule has 0 aromatic carbocycles. The Balaban J connectivity index is 1.75. The van der Waals surface area contributed by atoms with Gasteiger partial charge < -0.3 is 41.2 Å². The lowest BCUT2D eigenvalue weighted by molar-refractivity contribution is -0.149. The summed E-state index contributed by atoms with van der Waals surface area (Å²) in [6.07, 6.45) is -5.18. The predicted octanol–water partition coefficient (Wildman–Crippen LogP) is -2.73. The molecule has 0 aliphatic carbocycles. The molecule has 34 heavy (non-hydrogen) atoms. The van der Waals surface area contributed by atoms with Gasteiger partial charge in [0.2, 0.25) is 5.91 Å². The van der Waals surface area contributed by atoms with E-state index in [0.717, 1.165) is 10.8 Å². The van der Waals surface area contributed by atoms with Crippen molar-refractivity contribution < 1.29 is 39.5 Å². The van der Waals surface area contributed by atoms with Gasteiger partial charge in [0.15, 0.2) is 18.6 Å². The standard InChI is InChI=1S/C20H25N5O9/c1-8(13(27)10-4-2-3-5-22-10)11(21)17(30)24-12(19(31)32)16-14(28)15(29)18(34-16)25-6-9(7-26)23-20(25)33/h2-8,11-16,18,27-29H,21H2,1H3,(H,23,33)(H,24,30)(H,31,32)/t8-,11-,12-,13-,14-,15+,16+,18+/m0/s1. The molecule has 0 radical (unpaired) electrons. The van der Waals surface area contributed by atoms with Crippen molar-refractivity contribution in [1.82, 2.24) is 19.9 Å². The first kappa shape index (κ1) is 25.2. The van der Waals surface area contributed by atoms with Gasteiger partial charge in [-0.15, -0.1) is 0 Å². The molecule has 1 fully saturated rings. The van der Waals surface area contributed by atoms with Gasteiger partial charge in [-0.3, -0.25) is 19.1 Å². The van der Waals surface area contributed by atoms with Gasteiger partial charge >= 0.3 is 11.7 Å². The summed E-state index contributed by atoms with van der Waals surface area (Å²) >= 11 is 0. The average molecular weight is 479 g/mol. The minimum Gasteiger partial charge on any atom is -0.480 e. The van der Waals surface area contributed by atoms with Crippen molar-refractivity contribution in [2.45, 2.75) is 49.7 Å². The van der Waals surface area contributed by atoms with Crippen LogP contribution < -0.4 is 16.7 Å². The molecule has 8 N–H and O–H groups in total. The van der Waals surface area contributed by atoms with Crippen LogP contribution in [0.15, 0.2) is 35.4 Å². The number of hydrogen-bond acceptors (Lipinski definition) is 10. The molecule has 14 nitrogen and oxygen atoms in total. The van der Waals surface area contributed by atoms with Crippen LogP contribution in [0.3, 0.4) is 0 Å². The molecule has 8 atom stereocenters. The second-order valence-corrected chi connectivity index (χ2v) is 7.92. The number of aromatic nitrogens is 3. The summed E-state index contributed by atoms with van der Waals surface area (Å²) in [4.78, 5) is 53.7. The monoisotopic (exact) mass is 479 g/mol. The van der Waals surface area contributed by atoms with Gasteiger partial charge in [0, 0.05) is 18.3 Å². The Kier molecular flexibility index (Phi) is 7.58. The van der Waals surface area contributed by atoms with E-state index in [-0.39, 0.29) is 11.4 Å². The van der Waals surface area contributed by atoms with Crippen LogP contribution in [-0.4, -0.2) is 83.5 Å². The molecular weight excluding hydrogens is 454 g/mol. The van der Waals surface area contributed by atoms with Gasteiger partial charge in [0.1, 0.15) is 24.4 Å². The van der Waals surface area contributed by atoms with Crippen LogP contribution in [0, 0.1) is 5.92 Å². The number of H-pyrrole nitrogens is 1. The van der Waals surface area contributed by atoms with E-state index in [1.54, 1.807) is 12.1 Å². The maximum absolute atomic E-state index is 12.7. The molecule has 0 saturated carbocycles. The second kappa shape index (κ2) is 10.2. The average Bonchev–Trinajstić information content (AvgIpc) is 3.34. The van der Waals surface area contributed by atoms with Crippen LogP contribution in [0.2, 0.25) is 0 Å². The Bertz CT molecular complexity index is 1090. The number of carboxylic acids is 1. The Hall–Kier alpha value is -3.43. The van der Waals surface area contributed by atoms with E-state index < -0.39 is 66.2 Å². The number of nitrogens with one attached hydrogen (secondary N) is 2. The number of ether oxygens (including phenoxy) is 1. The molecule has 14 heteroatoms. The predicted molar refractivity (Wildman–Crippen MR) is 112 cm³/mol. The van der Waals surface area contributed by atoms with Crippen LogP contribution >= 0.6 is 0 Å². The number of aliphatic carboxylic acids is 1. The fourth-order valence-corrected chi connectivity index (χ4v) is 3.66. The number of nitrogens with two attached hydrogens (primary N) is 1. The number of hydrogen-bond donors (Lipinski definition) is 7. The number of rotatable bonds is 9.